The molecule has 0 radical (unpaired) electrons. The van der Waals surface area contributed by atoms with E-state index in [1.807, 2.05) is 6.20 Å². The Bertz CT molecular complexity index is 944. The van der Waals surface area contributed by atoms with E-state index in [1.54, 1.807) is 0 Å². The van der Waals surface area contributed by atoms with Gasteiger partial charge in [0.1, 0.15) is 0 Å². The van der Waals surface area contributed by atoms with E-state index < -0.39 is 0 Å². The van der Waals surface area contributed by atoms with Gasteiger partial charge in [-0.2, -0.15) is 0 Å². The zero-order chi connectivity index (χ0) is 18.3. The third-order valence-electron chi connectivity index (χ3n) is 5.64. The molecule has 134 valence electrons. The normalized spacial score (nSPS) is 15.7. The van der Waals surface area contributed by atoms with E-state index in [-0.39, 0.29) is 5.41 Å². The third kappa shape index (κ3) is 3.25. The first-order chi connectivity index (χ1) is 12.4. The highest BCUT2D eigenvalue weighted by molar-refractivity contribution is 5.83. The Morgan fingerprint density at radius 3 is 2.50 bits per heavy atom. The quantitative estimate of drug-likeness (QED) is 0.526. The van der Waals surface area contributed by atoms with Gasteiger partial charge in [-0.05, 0) is 54.4 Å². The van der Waals surface area contributed by atoms with Crippen LogP contribution in [0, 0.1) is 6.92 Å². The van der Waals surface area contributed by atoms with Gasteiger partial charge in [0.05, 0.1) is 5.52 Å². The molecule has 0 N–H and O–H groups in total. The van der Waals surface area contributed by atoms with Crippen molar-refractivity contribution in [2.45, 2.75) is 64.7 Å². The Labute approximate surface area is 156 Å². The molecular formula is C24H28N2. The van der Waals surface area contributed by atoms with Crippen molar-refractivity contribution in [2.24, 2.45) is 0 Å². The van der Waals surface area contributed by atoms with Crippen LogP contribution >= 0.6 is 0 Å². The summed E-state index contributed by atoms with van der Waals surface area (Å²) in [5.41, 5.74) is 6.39. The van der Waals surface area contributed by atoms with E-state index in [0.29, 0.717) is 5.92 Å². The van der Waals surface area contributed by atoms with E-state index in [1.165, 1.54) is 42.4 Å². The molecule has 0 aliphatic heterocycles. The number of aromatic nitrogens is 2. The van der Waals surface area contributed by atoms with Crippen LogP contribution in [0.5, 0.6) is 0 Å². The highest BCUT2D eigenvalue weighted by Gasteiger charge is 2.21. The van der Waals surface area contributed by atoms with Crippen molar-refractivity contribution >= 4 is 10.9 Å². The smallest absolute Gasteiger partial charge is 0.159 e. The molecule has 1 aliphatic rings. The lowest BCUT2D eigenvalue weighted by atomic mass is 9.85. The highest BCUT2D eigenvalue weighted by Crippen LogP contribution is 2.37. The van der Waals surface area contributed by atoms with Gasteiger partial charge < -0.3 is 0 Å². The zero-order valence-corrected chi connectivity index (χ0v) is 16.3. The van der Waals surface area contributed by atoms with E-state index in [9.17, 15) is 0 Å². The summed E-state index contributed by atoms with van der Waals surface area (Å²) >= 11 is 0. The minimum absolute atomic E-state index is 0.118. The fraction of sp³-hybridized carbons (Fsp3) is 0.417. The van der Waals surface area contributed by atoms with E-state index in [4.69, 9.17) is 9.97 Å². The minimum Gasteiger partial charge on any atom is -0.236 e. The number of benzene rings is 2. The second-order valence-corrected chi connectivity index (χ2v) is 8.80. The summed E-state index contributed by atoms with van der Waals surface area (Å²) in [7, 11) is 0. The van der Waals surface area contributed by atoms with E-state index in [0.717, 1.165) is 22.3 Å². The van der Waals surface area contributed by atoms with Gasteiger partial charge in [-0.3, -0.25) is 0 Å². The summed E-state index contributed by atoms with van der Waals surface area (Å²) < 4.78 is 0. The molecule has 2 heteroatoms. The Balaban J connectivity index is 1.85. The SMILES string of the molecule is Cc1cc(-c2ncc3cccc(C4CCCC4)c3n2)cc(C(C)(C)C)c1. The number of fused-ring (bicyclic) bond motifs is 1. The lowest BCUT2D eigenvalue weighted by molar-refractivity contribution is 0.590. The molecule has 2 aromatic carbocycles. The predicted octanol–water partition coefficient (Wildman–Crippen LogP) is 6.56. The topological polar surface area (TPSA) is 25.8 Å². The molecule has 0 spiro atoms. The fourth-order valence-corrected chi connectivity index (χ4v) is 4.13. The molecule has 0 unspecified atom stereocenters. The Hall–Kier alpha value is -2.22. The number of rotatable bonds is 2. The number of hydrogen-bond donors (Lipinski definition) is 0. The Morgan fingerprint density at radius 1 is 1.00 bits per heavy atom. The summed E-state index contributed by atoms with van der Waals surface area (Å²) in [5, 5.41) is 1.15. The molecule has 1 saturated carbocycles. The van der Waals surface area contributed by atoms with Gasteiger partial charge in [0.25, 0.3) is 0 Å². The molecule has 0 amide bonds. The second kappa shape index (κ2) is 6.50. The molecule has 0 atom stereocenters. The van der Waals surface area contributed by atoms with Gasteiger partial charge in [-0.15, -0.1) is 0 Å². The molecular weight excluding hydrogens is 316 g/mol. The summed E-state index contributed by atoms with van der Waals surface area (Å²) in [6, 6.07) is 13.3. The lowest BCUT2D eigenvalue weighted by Crippen LogP contribution is -2.11. The standard InChI is InChI=1S/C24H28N2/c1-16-12-19(14-20(13-16)24(2,3)4)23-25-15-18-10-7-11-21(22(18)26-23)17-8-5-6-9-17/h7,10-15,17H,5-6,8-9H2,1-4H3. The molecule has 3 aromatic rings. The Morgan fingerprint density at radius 2 is 1.77 bits per heavy atom. The van der Waals surface area contributed by atoms with Crippen LogP contribution in [0.25, 0.3) is 22.3 Å². The second-order valence-electron chi connectivity index (χ2n) is 8.80. The number of aryl methyl sites for hydroxylation is 1. The summed E-state index contributed by atoms with van der Waals surface area (Å²) in [5.74, 6) is 1.50. The third-order valence-corrected chi connectivity index (χ3v) is 5.64. The highest BCUT2D eigenvalue weighted by atomic mass is 14.9. The van der Waals surface area contributed by atoms with Crippen molar-refractivity contribution in [3.8, 4) is 11.4 Å². The predicted molar refractivity (Wildman–Crippen MR) is 110 cm³/mol. The first kappa shape index (κ1) is 17.2. The summed E-state index contributed by atoms with van der Waals surface area (Å²) in [4.78, 5) is 9.74. The van der Waals surface area contributed by atoms with Gasteiger partial charge in [0.15, 0.2) is 5.82 Å². The van der Waals surface area contributed by atoms with Crippen molar-refractivity contribution in [1.29, 1.82) is 0 Å². The largest absolute Gasteiger partial charge is 0.236 e. The van der Waals surface area contributed by atoms with Crippen LogP contribution in [-0.4, -0.2) is 9.97 Å². The van der Waals surface area contributed by atoms with Crippen molar-refractivity contribution in [2.75, 3.05) is 0 Å². The van der Waals surface area contributed by atoms with Gasteiger partial charge in [0.2, 0.25) is 0 Å². The van der Waals surface area contributed by atoms with Crippen LogP contribution < -0.4 is 0 Å². The average molecular weight is 345 g/mol. The molecule has 0 bridgehead atoms. The molecule has 26 heavy (non-hydrogen) atoms. The Kier molecular flexibility index (Phi) is 4.30. The monoisotopic (exact) mass is 344 g/mol. The maximum Gasteiger partial charge on any atom is 0.159 e. The molecule has 1 fully saturated rings. The van der Waals surface area contributed by atoms with Crippen LogP contribution in [0.4, 0.5) is 0 Å². The van der Waals surface area contributed by atoms with Crippen molar-refractivity contribution in [3.05, 3.63) is 59.3 Å². The van der Waals surface area contributed by atoms with Crippen molar-refractivity contribution in [1.82, 2.24) is 9.97 Å². The van der Waals surface area contributed by atoms with Crippen molar-refractivity contribution in [3.63, 3.8) is 0 Å². The first-order valence-corrected chi connectivity index (χ1v) is 9.80. The van der Waals surface area contributed by atoms with Crippen LogP contribution in [0.2, 0.25) is 0 Å². The molecule has 1 aliphatic carbocycles. The average Bonchev–Trinajstić information content (AvgIpc) is 3.14. The maximum atomic E-state index is 5.04. The number of para-hydroxylation sites is 1. The van der Waals surface area contributed by atoms with Crippen LogP contribution in [-0.2, 0) is 5.41 Å². The van der Waals surface area contributed by atoms with Crippen molar-refractivity contribution < 1.29 is 0 Å². The van der Waals surface area contributed by atoms with Crippen LogP contribution in [0.15, 0.2) is 42.6 Å². The van der Waals surface area contributed by atoms with E-state index in [2.05, 4.69) is 64.1 Å². The molecule has 1 aromatic heterocycles. The molecule has 2 nitrogen and oxygen atoms in total. The summed E-state index contributed by atoms with van der Waals surface area (Å²) in [6.45, 7) is 8.92. The molecule has 0 saturated heterocycles. The van der Waals surface area contributed by atoms with Crippen LogP contribution in [0.1, 0.15) is 69.1 Å². The molecule has 1 heterocycles. The number of nitrogens with zero attached hydrogens (tertiary/aromatic N) is 2. The number of hydrogen-bond acceptors (Lipinski definition) is 2. The summed E-state index contributed by atoms with van der Waals surface area (Å²) in [6.07, 6.45) is 7.25. The van der Waals surface area contributed by atoms with E-state index >= 15 is 0 Å². The van der Waals surface area contributed by atoms with Crippen LogP contribution in [0.3, 0.4) is 0 Å². The maximum absolute atomic E-state index is 5.04. The minimum atomic E-state index is 0.118. The van der Waals surface area contributed by atoms with Gasteiger partial charge in [-0.1, -0.05) is 63.4 Å². The van der Waals surface area contributed by atoms with Gasteiger partial charge >= 0.3 is 0 Å². The van der Waals surface area contributed by atoms with Gasteiger partial charge in [0, 0.05) is 17.1 Å². The van der Waals surface area contributed by atoms with Gasteiger partial charge in [-0.25, -0.2) is 9.97 Å². The fourth-order valence-electron chi connectivity index (χ4n) is 4.13. The zero-order valence-electron chi connectivity index (χ0n) is 16.3. The lowest BCUT2D eigenvalue weighted by Gasteiger charge is -2.20. The first-order valence-electron chi connectivity index (χ1n) is 9.80. The molecule has 4 rings (SSSR count).